The average Bonchev–Trinajstić information content (AvgIpc) is 2.22. The second-order valence-corrected chi connectivity index (χ2v) is 6.74. The highest BCUT2D eigenvalue weighted by Gasteiger charge is 2.30. The Bertz CT molecular complexity index is 525. The second kappa shape index (κ2) is 4.38. The lowest BCUT2D eigenvalue weighted by molar-refractivity contribution is 0.447. The molecule has 1 atom stereocenters. The standard InChI is InChI=1S/C12H16FNO2S/c1-8(2)14-11-5-6-17(15,16)12-4-3-9(13)7-10(11)12/h3-4,7-8,11,14H,5-6H2,1-2H3. The first-order valence-corrected chi connectivity index (χ1v) is 7.33. The minimum absolute atomic E-state index is 0.0794. The fraction of sp³-hybridized carbons (Fsp3) is 0.500. The molecule has 3 nitrogen and oxygen atoms in total. The summed E-state index contributed by atoms with van der Waals surface area (Å²) in [7, 11) is -3.23. The van der Waals surface area contributed by atoms with Gasteiger partial charge in [-0.15, -0.1) is 0 Å². The van der Waals surface area contributed by atoms with Crippen molar-refractivity contribution in [3.63, 3.8) is 0 Å². The summed E-state index contributed by atoms with van der Waals surface area (Å²) in [6.07, 6.45) is 0.497. The van der Waals surface area contributed by atoms with E-state index in [1.165, 1.54) is 18.2 Å². The molecule has 17 heavy (non-hydrogen) atoms. The van der Waals surface area contributed by atoms with E-state index >= 15 is 0 Å². The Morgan fingerprint density at radius 3 is 2.76 bits per heavy atom. The van der Waals surface area contributed by atoms with Crippen molar-refractivity contribution in [1.29, 1.82) is 0 Å². The molecule has 0 aromatic heterocycles. The number of benzene rings is 1. The van der Waals surface area contributed by atoms with Crippen molar-refractivity contribution < 1.29 is 12.8 Å². The van der Waals surface area contributed by atoms with Gasteiger partial charge in [-0.2, -0.15) is 0 Å². The molecule has 1 aromatic rings. The monoisotopic (exact) mass is 257 g/mol. The largest absolute Gasteiger partial charge is 0.308 e. The van der Waals surface area contributed by atoms with Gasteiger partial charge in [0.25, 0.3) is 0 Å². The van der Waals surface area contributed by atoms with E-state index in [9.17, 15) is 12.8 Å². The third-order valence-electron chi connectivity index (χ3n) is 2.89. The molecule has 0 aliphatic carbocycles. The summed E-state index contributed by atoms with van der Waals surface area (Å²) >= 11 is 0. The quantitative estimate of drug-likeness (QED) is 0.825. The number of halogens is 1. The molecule has 0 bridgehead atoms. The molecule has 1 heterocycles. The van der Waals surface area contributed by atoms with Crippen molar-refractivity contribution in [2.45, 2.75) is 37.2 Å². The van der Waals surface area contributed by atoms with Gasteiger partial charge in [-0.3, -0.25) is 0 Å². The van der Waals surface area contributed by atoms with Crippen LogP contribution in [0.1, 0.15) is 31.9 Å². The molecule has 0 spiro atoms. The van der Waals surface area contributed by atoms with Gasteiger partial charge in [-0.25, -0.2) is 12.8 Å². The van der Waals surface area contributed by atoms with Crippen molar-refractivity contribution >= 4 is 9.84 Å². The number of fused-ring (bicyclic) bond motifs is 1. The van der Waals surface area contributed by atoms with Crippen LogP contribution in [-0.4, -0.2) is 20.2 Å². The Kier molecular flexibility index (Phi) is 3.23. The Balaban J connectivity index is 2.49. The lowest BCUT2D eigenvalue weighted by Gasteiger charge is -2.28. The summed E-state index contributed by atoms with van der Waals surface area (Å²) in [4.78, 5) is 0.267. The first-order chi connectivity index (χ1) is 7.90. The van der Waals surface area contributed by atoms with Crippen molar-refractivity contribution in [3.05, 3.63) is 29.6 Å². The van der Waals surface area contributed by atoms with Crippen LogP contribution < -0.4 is 5.32 Å². The van der Waals surface area contributed by atoms with Gasteiger partial charge in [0.15, 0.2) is 9.84 Å². The fourth-order valence-electron chi connectivity index (χ4n) is 2.19. The molecule has 94 valence electrons. The van der Waals surface area contributed by atoms with E-state index in [0.29, 0.717) is 12.0 Å². The molecule has 1 unspecified atom stereocenters. The molecule has 2 rings (SSSR count). The number of rotatable bonds is 2. The van der Waals surface area contributed by atoms with E-state index in [4.69, 9.17) is 0 Å². The van der Waals surface area contributed by atoms with E-state index in [2.05, 4.69) is 5.32 Å². The van der Waals surface area contributed by atoms with Crippen LogP contribution >= 0.6 is 0 Å². The van der Waals surface area contributed by atoms with Gasteiger partial charge >= 0.3 is 0 Å². The molecule has 1 aliphatic heterocycles. The van der Waals surface area contributed by atoms with Gasteiger partial charge in [0.2, 0.25) is 0 Å². The van der Waals surface area contributed by atoms with E-state index in [1.54, 1.807) is 0 Å². The van der Waals surface area contributed by atoms with Crippen molar-refractivity contribution in [3.8, 4) is 0 Å². The predicted octanol–water partition coefficient (Wildman–Crippen LogP) is 2.04. The van der Waals surface area contributed by atoms with Crippen LogP contribution in [0.15, 0.2) is 23.1 Å². The van der Waals surface area contributed by atoms with E-state index in [1.807, 2.05) is 13.8 Å². The molecular formula is C12H16FNO2S. The number of sulfone groups is 1. The SMILES string of the molecule is CC(C)NC1CCS(=O)(=O)c2ccc(F)cc21. The summed E-state index contributed by atoms with van der Waals surface area (Å²) in [5, 5.41) is 3.27. The van der Waals surface area contributed by atoms with Crippen LogP contribution in [0.25, 0.3) is 0 Å². The Morgan fingerprint density at radius 1 is 1.41 bits per heavy atom. The summed E-state index contributed by atoms with van der Waals surface area (Å²) in [5.74, 6) is -0.271. The maximum atomic E-state index is 13.2. The third kappa shape index (κ3) is 2.50. The summed E-state index contributed by atoms with van der Waals surface area (Å²) in [6.45, 7) is 3.98. The minimum atomic E-state index is -3.23. The molecule has 1 aromatic carbocycles. The molecule has 0 radical (unpaired) electrons. The van der Waals surface area contributed by atoms with Gasteiger partial charge in [0, 0.05) is 12.1 Å². The topological polar surface area (TPSA) is 46.2 Å². The van der Waals surface area contributed by atoms with Crippen molar-refractivity contribution in [2.75, 3.05) is 5.75 Å². The van der Waals surface area contributed by atoms with Crippen LogP contribution in [0.3, 0.4) is 0 Å². The van der Waals surface area contributed by atoms with Gasteiger partial charge in [-0.05, 0) is 30.2 Å². The molecular weight excluding hydrogens is 241 g/mol. The molecule has 0 amide bonds. The van der Waals surface area contributed by atoms with Gasteiger partial charge in [-0.1, -0.05) is 13.8 Å². The first-order valence-electron chi connectivity index (χ1n) is 5.68. The molecule has 0 saturated carbocycles. The third-order valence-corrected chi connectivity index (χ3v) is 4.71. The van der Waals surface area contributed by atoms with Crippen LogP contribution in [0.5, 0.6) is 0 Å². The van der Waals surface area contributed by atoms with Gasteiger partial charge < -0.3 is 5.32 Å². The van der Waals surface area contributed by atoms with E-state index < -0.39 is 15.7 Å². The fourth-order valence-corrected chi connectivity index (χ4v) is 3.79. The number of nitrogens with one attached hydrogen (secondary N) is 1. The van der Waals surface area contributed by atoms with Gasteiger partial charge in [0.1, 0.15) is 5.82 Å². The number of hydrogen-bond acceptors (Lipinski definition) is 3. The summed E-state index contributed by atoms with van der Waals surface area (Å²) in [6, 6.07) is 4.05. The minimum Gasteiger partial charge on any atom is -0.308 e. The second-order valence-electron chi connectivity index (χ2n) is 4.66. The van der Waals surface area contributed by atoms with Crippen LogP contribution in [0, 0.1) is 5.82 Å². The Labute approximate surface area is 101 Å². The number of hydrogen-bond donors (Lipinski definition) is 1. The van der Waals surface area contributed by atoms with Gasteiger partial charge in [0.05, 0.1) is 10.6 Å². The summed E-state index contributed by atoms with van der Waals surface area (Å²) in [5.41, 5.74) is 0.560. The van der Waals surface area contributed by atoms with Crippen molar-refractivity contribution in [1.82, 2.24) is 5.32 Å². The van der Waals surface area contributed by atoms with Crippen LogP contribution in [-0.2, 0) is 9.84 Å². The Hall–Kier alpha value is -0.940. The molecule has 0 fully saturated rings. The highest BCUT2D eigenvalue weighted by atomic mass is 32.2. The lowest BCUT2D eigenvalue weighted by Crippen LogP contribution is -2.33. The zero-order valence-electron chi connectivity index (χ0n) is 9.90. The Morgan fingerprint density at radius 2 is 2.12 bits per heavy atom. The molecule has 1 N–H and O–H groups in total. The van der Waals surface area contributed by atoms with Crippen LogP contribution in [0.2, 0.25) is 0 Å². The average molecular weight is 257 g/mol. The highest BCUT2D eigenvalue weighted by Crippen LogP contribution is 2.32. The zero-order valence-corrected chi connectivity index (χ0v) is 10.7. The maximum Gasteiger partial charge on any atom is 0.178 e. The summed E-state index contributed by atoms with van der Waals surface area (Å²) < 4.78 is 37.0. The highest BCUT2D eigenvalue weighted by molar-refractivity contribution is 7.91. The molecule has 1 aliphatic rings. The van der Waals surface area contributed by atoms with Crippen molar-refractivity contribution in [2.24, 2.45) is 0 Å². The molecule has 0 saturated heterocycles. The van der Waals surface area contributed by atoms with Crippen LogP contribution in [0.4, 0.5) is 4.39 Å². The first kappa shape index (κ1) is 12.5. The van der Waals surface area contributed by atoms with E-state index in [-0.39, 0.29) is 22.7 Å². The predicted molar refractivity (Wildman–Crippen MR) is 64.1 cm³/mol. The smallest absolute Gasteiger partial charge is 0.178 e. The maximum absolute atomic E-state index is 13.2. The van der Waals surface area contributed by atoms with E-state index in [0.717, 1.165) is 0 Å². The lowest BCUT2D eigenvalue weighted by atomic mass is 10.0. The zero-order chi connectivity index (χ0) is 12.6. The normalized spacial score (nSPS) is 22.5. The molecule has 5 heteroatoms.